The van der Waals surface area contributed by atoms with E-state index in [0.29, 0.717) is 11.5 Å². The number of phenols is 1. The zero-order valence-corrected chi connectivity index (χ0v) is 11.8. The van der Waals surface area contributed by atoms with Gasteiger partial charge in [0, 0.05) is 44.4 Å². The zero-order chi connectivity index (χ0) is 13.8. The van der Waals surface area contributed by atoms with Crippen LogP contribution in [0.3, 0.4) is 0 Å². The molecule has 1 atom stereocenters. The molecule has 0 aromatic heterocycles. The van der Waals surface area contributed by atoms with Crippen LogP contribution in [0.2, 0.25) is 0 Å². The number of rotatable bonds is 4. The molecule has 0 spiro atoms. The molecule has 0 amide bonds. The van der Waals surface area contributed by atoms with E-state index in [-0.39, 0.29) is 11.8 Å². The van der Waals surface area contributed by atoms with Crippen LogP contribution >= 0.6 is 0 Å². The SMILES string of the molecule is COc1cc(O)c([C@@H](C)N2CCNCC2)c(OC)c1. The fraction of sp³-hybridized carbons (Fsp3) is 0.571. The van der Waals surface area contributed by atoms with E-state index < -0.39 is 0 Å². The number of nitrogens with one attached hydrogen (secondary N) is 1. The number of methoxy groups -OCH3 is 2. The van der Waals surface area contributed by atoms with E-state index in [0.717, 1.165) is 31.7 Å². The Labute approximate surface area is 114 Å². The Morgan fingerprint density at radius 1 is 1.21 bits per heavy atom. The minimum Gasteiger partial charge on any atom is -0.507 e. The number of ether oxygens (including phenoxy) is 2. The van der Waals surface area contributed by atoms with E-state index in [4.69, 9.17) is 9.47 Å². The third-order valence-corrected chi connectivity index (χ3v) is 3.67. The number of nitrogens with zero attached hydrogens (tertiary/aromatic N) is 1. The van der Waals surface area contributed by atoms with Crippen LogP contribution in [0, 0.1) is 0 Å². The highest BCUT2D eigenvalue weighted by Crippen LogP contribution is 2.39. The minimum atomic E-state index is 0.114. The van der Waals surface area contributed by atoms with Crippen molar-refractivity contribution < 1.29 is 14.6 Å². The van der Waals surface area contributed by atoms with E-state index in [1.807, 2.05) is 6.07 Å². The van der Waals surface area contributed by atoms with Crippen molar-refractivity contribution in [3.63, 3.8) is 0 Å². The molecule has 1 aliphatic rings. The summed E-state index contributed by atoms with van der Waals surface area (Å²) >= 11 is 0. The van der Waals surface area contributed by atoms with Gasteiger partial charge in [0.2, 0.25) is 0 Å². The Hall–Kier alpha value is -1.46. The molecule has 0 unspecified atom stereocenters. The van der Waals surface area contributed by atoms with Gasteiger partial charge in [0.05, 0.1) is 19.8 Å². The maximum absolute atomic E-state index is 10.2. The predicted molar refractivity (Wildman–Crippen MR) is 74.1 cm³/mol. The first-order valence-corrected chi connectivity index (χ1v) is 6.57. The molecule has 19 heavy (non-hydrogen) atoms. The van der Waals surface area contributed by atoms with Crippen molar-refractivity contribution in [1.82, 2.24) is 10.2 Å². The topological polar surface area (TPSA) is 54.0 Å². The summed E-state index contributed by atoms with van der Waals surface area (Å²) in [6, 6.07) is 3.56. The summed E-state index contributed by atoms with van der Waals surface area (Å²) < 4.78 is 10.6. The van der Waals surface area contributed by atoms with Crippen LogP contribution in [0.1, 0.15) is 18.5 Å². The molecule has 1 heterocycles. The highest BCUT2D eigenvalue weighted by molar-refractivity contribution is 5.51. The summed E-state index contributed by atoms with van der Waals surface area (Å²) in [5, 5.41) is 13.6. The van der Waals surface area contributed by atoms with Gasteiger partial charge >= 0.3 is 0 Å². The molecular formula is C14H22N2O3. The molecule has 1 saturated heterocycles. The Bertz CT molecular complexity index is 431. The Balaban J connectivity index is 2.31. The molecule has 1 fully saturated rings. The average molecular weight is 266 g/mol. The number of hydrogen-bond donors (Lipinski definition) is 2. The fourth-order valence-corrected chi connectivity index (χ4v) is 2.55. The molecule has 1 aromatic carbocycles. The molecule has 2 N–H and O–H groups in total. The lowest BCUT2D eigenvalue weighted by Gasteiger charge is -2.33. The van der Waals surface area contributed by atoms with E-state index >= 15 is 0 Å². The first-order chi connectivity index (χ1) is 9.17. The molecule has 106 valence electrons. The number of phenolic OH excluding ortho intramolecular Hbond substituents is 1. The summed E-state index contributed by atoms with van der Waals surface area (Å²) in [7, 11) is 3.19. The summed E-state index contributed by atoms with van der Waals surface area (Å²) in [5.74, 6) is 1.50. The van der Waals surface area contributed by atoms with Crippen molar-refractivity contribution in [2.45, 2.75) is 13.0 Å². The van der Waals surface area contributed by atoms with Gasteiger partial charge < -0.3 is 19.9 Å². The van der Waals surface area contributed by atoms with Crippen molar-refractivity contribution in [1.29, 1.82) is 0 Å². The summed E-state index contributed by atoms with van der Waals surface area (Å²) in [4.78, 5) is 2.33. The maximum atomic E-state index is 10.2. The van der Waals surface area contributed by atoms with Crippen LogP contribution in [0.15, 0.2) is 12.1 Å². The zero-order valence-electron chi connectivity index (χ0n) is 11.8. The lowest BCUT2D eigenvalue weighted by atomic mass is 10.0. The van der Waals surface area contributed by atoms with Crippen LogP contribution in [0.4, 0.5) is 0 Å². The van der Waals surface area contributed by atoms with Gasteiger partial charge in [-0.3, -0.25) is 4.90 Å². The van der Waals surface area contributed by atoms with Crippen LogP contribution in [0.5, 0.6) is 17.2 Å². The van der Waals surface area contributed by atoms with Gasteiger partial charge in [-0.1, -0.05) is 0 Å². The number of benzene rings is 1. The second kappa shape index (κ2) is 6.12. The fourth-order valence-electron chi connectivity index (χ4n) is 2.55. The van der Waals surface area contributed by atoms with Crippen LogP contribution in [0.25, 0.3) is 0 Å². The van der Waals surface area contributed by atoms with Gasteiger partial charge in [-0.2, -0.15) is 0 Å². The third-order valence-electron chi connectivity index (χ3n) is 3.67. The molecule has 1 aliphatic heterocycles. The number of piperazine rings is 1. The molecule has 0 bridgehead atoms. The monoisotopic (exact) mass is 266 g/mol. The Morgan fingerprint density at radius 2 is 1.89 bits per heavy atom. The van der Waals surface area contributed by atoms with Crippen LogP contribution in [-0.4, -0.2) is 50.4 Å². The highest BCUT2D eigenvalue weighted by atomic mass is 16.5. The molecule has 5 heteroatoms. The van der Waals surface area contributed by atoms with E-state index in [1.165, 1.54) is 0 Å². The van der Waals surface area contributed by atoms with E-state index in [1.54, 1.807) is 20.3 Å². The lowest BCUT2D eigenvalue weighted by Crippen LogP contribution is -2.44. The van der Waals surface area contributed by atoms with Gasteiger partial charge in [-0.05, 0) is 6.92 Å². The molecule has 2 rings (SSSR count). The third kappa shape index (κ3) is 2.93. The van der Waals surface area contributed by atoms with E-state index in [2.05, 4.69) is 17.1 Å². The minimum absolute atomic E-state index is 0.114. The number of hydrogen-bond acceptors (Lipinski definition) is 5. The van der Waals surface area contributed by atoms with Crippen molar-refractivity contribution >= 4 is 0 Å². The molecule has 0 aliphatic carbocycles. The van der Waals surface area contributed by atoms with Gasteiger partial charge in [-0.15, -0.1) is 0 Å². The number of aromatic hydroxyl groups is 1. The molecule has 0 radical (unpaired) electrons. The Morgan fingerprint density at radius 3 is 2.47 bits per heavy atom. The van der Waals surface area contributed by atoms with Crippen molar-refractivity contribution in [2.75, 3.05) is 40.4 Å². The second-order valence-electron chi connectivity index (χ2n) is 4.72. The first-order valence-electron chi connectivity index (χ1n) is 6.57. The normalized spacial score (nSPS) is 18.1. The Kier molecular flexibility index (Phi) is 4.50. The summed E-state index contributed by atoms with van der Waals surface area (Å²) in [6.07, 6.45) is 0. The molecule has 5 nitrogen and oxygen atoms in total. The van der Waals surface area contributed by atoms with Gasteiger partial charge in [0.1, 0.15) is 17.2 Å². The van der Waals surface area contributed by atoms with Crippen molar-refractivity contribution in [3.8, 4) is 17.2 Å². The summed E-state index contributed by atoms with van der Waals surface area (Å²) in [5.41, 5.74) is 0.824. The van der Waals surface area contributed by atoms with Gasteiger partial charge in [-0.25, -0.2) is 0 Å². The quantitative estimate of drug-likeness (QED) is 0.862. The maximum Gasteiger partial charge on any atom is 0.131 e. The summed E-state index contributed by atoms with van der Waals surface area (Å²) in [6.45, 7) is 5.98. The van der Waals surface area contributed by atoms with Gasteiger partial charge in [0.25, 0.3) is 0 Å². The predicted octanol–water partition coefficient (Wildman–Crippen LogP) is 1.38. The first kappa shape index (κ1) is 14.0. The standard InChI is InChI=1S/C14H22N2O3/c1-10(16-6-4-15-5-7-16)14-12(17)8-11(18-2)9-13(14)19-3/h8-10,15,17H,4-7H2,1-3H3/t10-/m1/s1. The van der Waals surface area contributed by atoms with Crippen LogP contribution in [-0.2, 0) is 0 Å². The lowest BCUT2D eigenvalue weighted by molar-refractivity contribution is 0.179. The molecule has 0 saturated carbocycles. The average Bonchev–Trinajstić information content (AvgIpc) is 2.46. The van der Waals surface area contributed by atoms with Crippen molar-refractivity contribution in [3.05, 3.63) is 17.7 Å². The highest BCUT2D eigenvalue weighted by Gasteiger charge is 2.24. The van der Waals surface area contributed by atoms with E-state index in [9.17, 15) is 5.11 Å². The molecule has 1 aromatic rings. The second-order valence-corrected chi connectivity index (χ2v) is 4.72. The molecular weight excluding hydrogens is 244 g/mol. The smallest absolute Gasteiger partial charge is 0.131 e. The van der Waals surface area contributed by atoms with Gasteiger partial charge in [0.15, 0.2) is 0 Å². The van der Waals surface area contributed by atoms with Crippen LogP contribution < -0.4 is 14.8 Å². The largest absolute Gasteiger partial charge is 0.507 e. The van der Waals surface area contributed by atoms with Crippen molar-refractivity contribution in [2.24, 2.45) is 0 Å².